The number of rotatable bonds is 4. The average molecular weight is 345 g/mol. The Labute approximate surface area is 126 Å². The van der Waals surface area contributed by atoms with Gasteiger partial charge in [0.15, 0.2) is 11.6 Å². The van der Waals surface area contributed by atoms with E-state index in [2.05, 4.69) is 15.9 Å². The maximum Gasteiger partial charge on any atom is 0.174 e. The molecule has 2 rings (SSSR count). The summed E-state index contributed by atoms with van der Waals surface area (Å²) in [5, 5.41) is 0. The monoisotopic (exact) mass is 344 g/mol. The maximum atomic E-state index is 14.2. The molecule has 0 unspecified atom stereocenters. The lowest BCUT2D eigenvalue weighted by atomic mass is 9.73. The highest BCUT2D eigenvalue weighted by Crippen LogP contribution is 2.46. The molecule has 0 bridgehead atoms. The molecule has 0 N–H and O–H groups in total. The third-order valence-corrected chi connectivity index (χ3v) is 4.72. The number of ketones is 1. The van der Waals surface area contributed by atoms with E-state index in [9.17, 15) is 13.6 Å². The Bertz CT molecular complexity index is 519. The van der Waals surface area contributed by atoms with Crippen molar-refractivity contribution in [3.05, 3.63) is 33.8 Å². The summed E-state index contributed by atoms with van der Waals surface area (Å²) in [5.41, 5.74) is -0.960. The van der Waals surface area contributed by atoms with Crippen LogP contribution in [-0.2, 0) is 0 Å². The van der Waals surface area contributed by atoms with Crippen LogP contribution in [0.3, 0.4) is 0 Å². The Hall–Kier alpha value is -0.770. The normalized spacial score (nSPS) is 17.7. The van der Waals surface area contributed by atoms with Crippen LogP contribution in [0.15, 0.2) is 16.6 Å². The van der Waals surface area contributed by atoms with E-state index < -0.39 is 17.0 Å². The van der Waals surface area contributed by atoms with Crippen molar-refractivity contribution in [1.29, 1.82) is 0 Å². The minimum atomic E-state index is -0.773. The van der Waals surface area contributed by atoms with Gasteiger partial charge in [0.1, 0.15) is 5.82 Å². The lowest BCUT2D eigenvalue weighted by Crippen LogP contribution is -2.31. The fourth-order valence-electron chi connectivity index (χ4n) is 3.36. The summed E-state index contributed by atoms with van der Waals surface area (Å²) >= 11 is 3.03. The summed E-state index contributed by atoms with van der Waals surface area (Å²) in [5.74, 6) is -1.56. The van der Waals surface area contributed by atoms with E-state index in [0.717, 1.165) is 31.7 Å². The van der Waals surface area contributed by atoms with Crippen LogP contribution in [0, 0.1) is 23.0 Å². The molecular formula is C16H19BrF2O. The van der Waals surface area contributed by atoms with Crippen LogP contribution < -0.4 is 0 Å². The Morgan fingerprint density at radius 2 is 1.90 bits per heavy atom. The van der Waals surface area contributed by atoms with Gasteiger partial charge in [-0.25, -0.2) is 8.78 Å². The predicted molar refractivity (Wildman–Crippen MR) is 78.7 cm³/mol. The first kappa shape index (κ1) is 15.6. The molecule has 0 heterocycles. The number of hydrogen-bond donors (Lipinski definition) is 0. The zero-order valence-electron chi connectivity index (χ0n) is 11.8. The number of halogens is 3. The predicted octanol–water partition coefficient (Wildman–Crippen LogP) is 5.52. The smallest absolute Gasteiger partial charge is 0.174 e. The summed E-state index contributed by atoms with van der Waals surface area (Å²) in [6, 6.07) is 2.45. The minimum Gasteiger partial charge on any atom is -0.293 e. The number of carbonyl (C=O) groups is 1. The van der Waals surface area contributed by atoms with E-state index in [-0.39, 0.29) is 15.8 Å². The van der Waals surface area contributed by atoms with Crippen LogP contribution in [0.5, 0.6) is 0 Å². The van der Waals surface area contributed by atoms with E-state index >= 15 is 0 Å². The molecule has 0 amide bonds. The Balaban J connectivity index is 2.46. The second kappa shape index (κ2) is 5.92. The lowest BCUT2D eigenvalue weighted by Gasteiger charge is -2.29. The molecule has 1 saturated carbocycles. The number of Topliss-reactive ketones (excluding diaryl/α,β-unsaturated/α-hetero) is 1. The SMILES string of the molecule is CC(C)CC1(C(=O)c2c(F)ccc(Br)c2F)CCCC1. The summed E-state index contributed by atoms with van der Waals surface area (Å²) in [4.78, 5) is 12.8. The van der Waals surface area contributed by atoms with Crippen molar-refractivity contribution in [1.82, 2.24) is 0 Å². The van der Waals surface area contributed by atoms with E-state index in [1.165, 1.54) is 6.07 Å². The molecule has 1 aliphatic carbocycles. The van der Waals surface area contributed by atoms with Crippen molar-refractivity contribution in [3.8, 4) is 0 Å². The number of carbonyl (C=O) groups excluding carboxylic acids is 1. The molecule has 0 radical (unpaired) electrons. The molecule has 0 atom stereocenters. The van der Waals surface area contributed by atoms with Gasteiger partial charge in [0.05, 0.1) is 10.0 Å². The topological polar surface area (TPSA) is 17.1 Å². The van der Waals surface area contributed by atoms with Gasteiger partial charge in [-0.05, 0) is 53.2 Å². The summed E-state index contributed by atoms with van der Waals surface area (Å²) in [7, 11) is 0. The van der Waals surface area contributed by atoms with Crippen molar-refractivity contribution < 1.29 is 13.6 Å². The maximum absolute atomic E-state index is 14.2. The Morgan fingerprint density at radius 3 is 2.45 bits per heavy atom. The quantitative estimate of drug-likeness (QED) is 0.519. The molecule has 4 heteroatoms. The van der Waals surface area contributed by atoms with Crippen LogP contribution in [0.1, 0.15) is 56.3 Å². The van der Waals surface area contributed by atoms with E-state index in [0.29, 0.717) is 12.3 Å². The molecule has 0 aliphatic heterocycles. The minimum absolute atomic E-state index is 0.139. The van der Waals surface area contributed by atoms with Crippen molar-refractivity contribution >= 4 is 21.7 Å². The highest BCUT2D eigenvalue weighted by molar-refractivity contribution is 9.10. The van der Waals surface area contributed by atoms with E-state index in [1.807, 2.05) is 13.8 Å². The highest BCUT2D eigenvalue weighted by atomic mass is 79.9. The molecule has 0 spiro atoms. The van der Waals surface area contributed by atoms with Gasteiger partial charge in [-0.1, -0.05) is 26.7 Å². The number of benzene rings is 1. The molecule has 1 fully saturated rings. The second-order valence-corrected chi connectivity index (χ2v) is 6.99. The zero-order chi connectivity index (χ0) is 14.9. The van der Waals surface area contributed by atoms with Gasteiger partial charge in [0, 0.05) is 5.41 Å². The number of hydrogen-bond acceptors (Lipinski definition) is 1. The first-order valence-electron chi connectivity index (χ1n) is 7.06. The molecule has 1 aromatic carbocycles. The fourth-order valence-corrected chi connectivity index (χ4v) is 3.69. The van der Waals surface area contributed by atoms with Crippen molar-refractivity contribution in [3.63, 3.8) is 0 Å². The first-order chi connectivity index (χ1) is 9.37. The third kappa shape index (κ3) is 2.80. The van der Waals surface area contributed by atoms with E-state index in [4.69, 9.17) is 0 Å². The molecule has 110 valence electrons. The van der Waals surface area contributed by atoms with Crippen LogP contribution in [0.2, 0.25) is 0 Å². The highest BCUT2D eigenvalue weighted by Gasteiger charge is 2.43. The van der Waals surface area contributed by atoms with Crippen LogP contribution in [0.25, 0.3) is 0 Å². The molecule has 20 heavy (non-hydrogen) atoms. The Kier molecular flexibility index (Phi) is 4.62. The van der Waals surface area contributed by atoms with Gasteiger partial charge in [-0.2, -0.15) is 0 Å². The molecule has 0 aromatic heterocycles. The zero-order valence-corrected chi connectivity index (χ0v) is 13.4. The summed E-state index contributed by atoms with van der Waals surface area (Å²) < 4.78 is 28.3. The summed E-state index contributed by atoms with van der Waals surface area (Å²) in [6.07, 6.45) is 4.06. The first-order valence-corrected chi connectivity index (χ1v) is 7.85. The van der Waals surface area contributed by atoms with Gasteiger partial charge in [-0.3, -0.25) is 4.79 Å². The van der Waals surface area contributed by atoms with Crippen LogP contribution >= 0.6 is 15.9 Å². The second-order valence-electron chi connectivity index (χ2n) is 6.13. The lowest BCUT2D eigenvalue weighted by molar-refractivity contribution is 0.0750. The van der Waals surface area contributed by atoms with Crippen molar-refractivity contribution in [2.24, 2.45) is 11.3 Å². The van der Waals surface area contributed by atoms with Gasteiger partial charge in [-0.15, -0.1) is 0 Å². The van der Waals surface area contributed by atoms with Gasteiger partial charge < -0.3 is 0 Å². The fraction of sp³-hybridized carbons (Fsp3) is 0.562. The van der Waals surface area contributed by atoms with E-state index in [1.54, 1.807) is 0 Å². The summed E-state index contributed by atoms with van der Waals surface area (Å²) in [6.45, 7) is 4.09. The molecule has 1 aromatic rings. The largest absolute Gasteiger partial charge is 0.293 e. The molecular weight excluding hydrogens is 326 g/mol. The molecule has 1 nitrogen and oxygen atoms in total. The van der Waals surface area contributed by atoms with Gasteiger partial charge >= 0.3 is 0 Å². The molecule has 0 saturated heterocycles. The third-order valence-electron chi connectivity index (χ3n) is 4.11. The van der Waals surface area contributed by atoms with Crippen LogP contribution in [-0.4, -0.2) is 5.78 Å². The van der Waals surface area contributed by atoms with Gasteiger partial charge in [0.2, 0.25) is 0 Å². The van der Waals surface area contributed by atoms with Gasteiger partial charge in [0.25, 0.3) is 0 Å². The van der Waals surface area contributed by atoms with Crippen molar-refractivity contribution in [2.45, 2.75) is 46.0 Å². The standard InChI is InChI=1S/C16H19BrF2O/c1-10(2)9-16(7-3-4-8-16)15(20)13-12(18)6-5-11(17)14(13)19/h5-6,10H,3-4,7-9H2,1-2H3. The Morgan fingerprint density at radius 1 is 1.30 bits per heavy atom. The van der Waals surface area contributed by atoms with Crippen molar-refractivity contribution in [2.75, 3.05) is 0 Å². The van der Waals surface area contributed by atoms with Crippen LogP contribution in [0.4, 0.5) is 8.78 Å². The average Bonchev–Trinajstić information content (AvgIpc) is 2.83. The molecule has 1 aliphatic rings.